The van der Waals surface area contributed by atoms with Gasteiger partial charge in [0.05, 0.1) is 12.1 Å². The van der Waals surface area contributed by atoms with Gasteiger partial charge in [-0.2, -0.15) is 0 Å². The summed E-state index contributed by atoms with van der Waals surface area (Å²) in [4.78, 5) is 4.73. The van der Waals surface area contributed by atoms with Gasteiger partial charge >= 0.3 is 0 Å². The van der Waals surface area contributed by atoms with Crippen LogP contribution in [-0.2, 0) is 17.7 Å². The van der Waals surface area contributed by atoms with Crippen LogP contribution in [0.3, 0.4) is 0 Å². The average molecular weight is 490 g/mol. The van der Waals surface area contributed by atoms with E-state index in [1.807, 2.05) is 25.1 Å². The van der Waals surface area contributed by atoms with E-state index in [0.29, 0.717) is 15.9 Å². The van der Waals surface area contributed by atoms with Gasteiger partial charge in [0.15, 0.2) is 5.11 Å². The van der Waals surface area contributed by atoms with E-state index in [1.54, 1.807) is 7.11 Å². The smallest absolute Gasteiger partial charge is 0.173 e. The minimum Gasteiger partial charge on any atom is -0.495 e. The summed E-state index contributed by atoms with van der Waals surface area (Å²) in [6.07, 6.45) is 4.44. The molecule has 0 aromatic heterocycles. The van der Waals surface area contributed by atoms with Crippen molar-refractivity contribution in [1.82, 2.24) is 4.90 Å². The lowest BCUT2D eigenvalue weighted by atomic mass is 9.99. The zero-order valence-electron chi connectivity index (χ0n) is 20.0. The van der Waals surface area contributed by atoms with E-state index in [1.165, 1.54) is 29.7 Å². The van der Waals surface area contributed by atoms with E-state index in [0.717, 1.165) is 57.9 Å². The van der Waals surface area contributed by atoms with Gasteiger partial charge in [0, 0.05) is 50.8 Å². The molecule has 180 valence electrons. The topological polar surface area (TPSA) is 37.0 Å². The van der Waals surface area contributed by atoms with Gasteiger partial charge in [-0.15, -0.1) is 0 Å². The third kappa shape index (κ3) is 7.23. The molecule has 7 heteroatoms. The van der Waals surface area contributed by atoms with Crippen molar-refractivity contribution in [2.24, 2.45) is 0 Å². The Morgan fingerprint density at radius 1 is 1.21 bits per heavy atom. The van der Waals surface area contributed by atoms with E-state index in [2.05, 4.69) is 40.2 Å². The Morgan fingerprint density at radius 3 is 2.79 bits per heavy atom. The minimum absolute atomic E-state index is 0.555. The van der Waals surface area contributed by atoms with Crippen LogP contribution in [0.25, 0.3) is 0 Å². The summed E-state index contributed by atoms with van der Waals surface area (Å²) >= 11 is 12.1. The highest BCUT2D eigenvalue weighted by Crippen LogP contribution is 2.29. The fourth-order valence-corrected chi connectivity index (χ4v) is 4.78. The number of aryl methyl sites for hydroxylation is 1. The lowest BCUT2D eigenvalue weighted by Crippen LogP contribution is -2.35. The highest BCUT2D eigenvalue weighted by molar-refractivity contribution is 7.80. The molecule has 33 heavy (non-hydrogen) atoms. The molecule has 0 saturated heterocycles. The van der Waals surface area contributed by atoms with Crippen LogP contribution in [0.2, 0.25) is 5.02 Å². The quantitative estimate of drug-likeness (QED) is 0.302. The molecular weight excluding hydrogens is 454 g/mol. The second kappa shape index (κ2) is 13.0. The highest BCUT2D eigenvalue weighted by atomic mass is 35.5. The molecule has 2 aromatic rings. The Bertz CT molecular complexity index is 924. The van der Waals surface area contributed by atoms with Crippen LogP contribution in [0.4, 0.5) is 11.4 Å². The maximum Gasteiger partial charge on any atom is 0.173 e. The zero-order valence-corrected chi connectivity index (χ0v) is 21.6. The van der Waals surface area contributed by atoms with Crippen LogP contribution >= 0.6 is 23.8 Å². The molecule has 0 fully saturated rings. The number of thiocarbonyl (C=S) groups is 1. The molecule has 1 N–H and O–H groups in total. The first-order chi connectivity index (χ1) is 16.0. The van der Waals surface area contributed by atoms with Gasteiger partial charge in [0.1, 0.15) is 5.75 Å². The minimum atomic E-state index is 0.555. The fourth-order valence-electron chi connectivity index (χ4n) is 4.25. The molecule has 5 nitrogen and oxygen atoms in total. The second-order valence-corrected chi connectivity index (χ2v) is 9.10. The van der Waals surface area contributed by atoms with Gasteiger partial charge in [0.25, 0.3) is 0 Å². The van der Waals surface area contributed by atoms with Crippen molar-refractivity contribution in [2.45, 2.75) is 46.1 Å². The second-order valence-electron chi connectivity index (χ2n) is 8.31. The van der Waals surface area contributed by atoms with Crippen LogP contribution in [0, 0.1) is 0 Å². The monoisotopic (exact) mass is 489 g/mol. The van der Waals surface area contributed by atoms with Crippen molar-refractivity contribution < 1.29 is 9.47 Å². The Morgan fingerprint density at radius 2 is 2.06 bits per heavy atom. The van der Waals surface area contributed by atoms with Crippen molar-refractivity contribution in [3.8, 4) is 5.75 Å². The predicted molar refractivity (Wildman–Crippen MR) is 143 cm³/mol. The number of rotatable bonds is 11. The molecule has 0 radical (unpaired) electrons. The number of hydrogen-bond acceptors (Lipinski definition) is 4. The van der Waals surface area contributed by atoms with E-state index in [9.17, 15) is 0 Å². The van der Waals surface area contributed by atoms with Gasteiger partial charge in [-0.25, -0.2) is 0 Å². The van der Waals surface area contributed by atoms with E-state index < -0.39 is 0 Å². The molecule has 0 aliphatic carbocycles. The molecule has 0 atom stereocenters. The molecular formula is C26H36ClN3O2S. The summed E-state index contributed by atoms with van der Waals surface area (Å²) in [6, 6.07) is 12.5. The molecule has 0 unspecified atom stereocenters. The van der Waals surface area contributed by atoms with E-state index in [4.69, 9.17) is 33.3 Å². The largest absolute Gasteiger partial charge is 0.495 e. The van der Waals surface area contributed by atoms with Crippen LogP contribution in [0.5, 0.6) is 5.75 Å². The van der Waals surface area contributed by atoms with Crippen molar-refractivity contribution in [3.63, 3.8) is 0 Å². The maximum atomic E-state index is 6.30. The number of halogens is 1. The predicted octanol–water partition coefficient (Wildman–Crippen LogP) is 6.14. The number of ether oxygens (including phenoxy) is 2. The zero-order chi connectivity index (χ0) is 23.6. The van der Waals surface area contributed by atoms with Crippen LogP contribution in [0.1, 0.15) is 44.2 Å². The van der Waals surface area contributed by atoms with E-state index >= 15 is 0 Å². The van der Waals surface area contributed by atoms with Crippen LogP contribution in [0.15, 0.2) is 36.4 Å². The number of hydrogen-bond donors (Lipinski definition) is 1. The number of anilines is 2. The number of methoxy groups -OCH3 is 1. The number of fused-ring (bicyclic) bond motifs is 1. The molecule has 2 aromatic carbocycles. The van der Waals surface area contributed by atoms with Gasteiger partial charge in [-0.05, 0) is 80.2 Å². The maximum absolute atomic E-state index is 6.30. The fraction of sp³-hybridized carbons (Fsp3) is 0.500. The third-order valence-corrected chi connectivity index (χ3v) is 6.49. The molecule has 0 spiro atoms. The van der Waals surface area contributed by atoms with Gasteiger partial charge < -0.3 is 24.6 Å². The van der Waals surface area contributed by atoms with Gasteiger partial charge in [-0.1, -0.05) is 30.7 Å². The molecule has 1 heterocycles. The van der Waals surface area contributed by atoms with Gasteiger partial charge in [-0.3, -0.25) is 0 Å². The average Bonchev–Trinajstić information content (AvgIpc) is 2.81. The Kier molecular flexibility index (Phi) is 10.1. The first-order valence-electron chi connectivity index (χ1n) is 11.9. The molecule has 1 aliphatic rings. The van der Waals surface area contributed by atoms with Crippen molar-refractivity contribution in [1.29, 1.82) is 0 Å². The third-order valence-electron chi connectivity index (χ3n) is 5.84. The number of benzene rings is 2. The summed E-state index contributed by atoms with van der Waals surface area (Å²) in [6.45, 7) is 9.56. The lowest BCUT2D eigenvalue weighted by molar-refractivity contribution is 0.139. The van der Waals surface area contributed by atoms with Crippen molar-refractivity contribution >= 4 is 40.3 Å². The first-order valence-corrected chi connectivity index (χ1v) is 12.7. The Labute approximate surface area is 209 Å². The summed E-state index contributed by atoms with van der Waals surface area (Å²) in [5.41, 5.74) is 4.97. The number of nitrogens with one attached hydrogen (secondary N) is 1. The Hall–Kier alpha value is -2.02. The van der Waals surface area contributed by atoms with Crippen LogP contribution < -0.4 is 15.0 Å². The standard InChI is InChI=1S/C26H36ClN3O2S/c1-4-13-29-14-6-8-21-17-20(9-11-24(21)29)19-30(15-7-16-32-5-2)26(33)28-22-10-12-25(31-3)23(27)18-22/h9-12,17-18H,4-8,13-16,19H2,1-3H3,(H,28,33). The van der Waals surface area contributed by atoms with Crippen molar-refractivity contribution in [2.75, 3.05) is 50.2 Å². The molecule has 0 amide bonds. The van der Waals surface area contributed by atoms with Crippen LogP contribution in [-0.4, -0.2) is 50.0 Å². The first kappa shape index (κ1) is 25.6. The SMILES string of the molecule is CCCN1CCCc2cc(CN(CCCOCC)C(=S)Nc3ccc(OC)c(Cl)c3)ccc21. The molecule has 0 bridgehead atoms. The van der Waals surface area contributed by atoms with Crippen molar-refractivity contribution in [3.05, 3.63) is 52.5 Å². The summed E-state index contributed by atoms with van der Waals surface area (Å²) in [7, 11) is 1.61. The van der Waals surface area contributed by atoms with Gasteiger partial charge in [0.2, 0.25) is 0 Å². The normalized spacial score (nSPS) is 12.9. The number of nitrogens with zero attached hydrogens (tertiary/aromatic N) is 2. The summed E-state index contributed by atoms with van der Waals surface area (Å²) in [5, 5.41) is 4.58. The Balaban J connectivity index is 1.73. The highest BCUT2D eigenvalue weighted by Gasteiger charge is 2.18. The lowest BCUT2D eigenvalue weighted by Gasteiger charge is -2.32. The summed E-state index contributed by atoms with van der Waals surface area (Å²) < 4.78 is 10.8. The molecule has 1 aliphatic heterocycles. The summed E-state index contributed by atoms with van der Waals surface area (Å²) in [5.74, 6) is 0.646. The molecule has 3 rings (SSSR count). The molecule has 0 saturated carbocycles. The van der Waals surface area contributed by atoms with E-state index in [-0.39, 0.29) is 0 Å².